The first kappa shape index (κ1) is 20.6. The summed E-state index contributed by atoms with van der Waals surface area (Å²) >= 11 is 0. The lowest BCUT2D eigenvalue weighted by Crippen LogP contribution is -2.35. The first-order chi connectivity index (χ1) is 12.7. The summed E-state index contributed by atoms with van der Waals surface area (Å²) in [6.07, 6.45) is -0.238. The number of hydrogen-bond donors (Lipinski definition) is 2. The van der Waals surface area contributed by atoms with Crippen LogP contribution < -0.4 is 10.0 Å². The van der Waals surface area contributed by atoms with E-state index in [0.29, 0.717) is 6.54 Å². The molecular formula is C20H24N2O4S. The molecule has 6 nitrogen and oxygen atoms in total. The number of carbonyl (C=O) groups excluding carboxylic acids is 2. The molecule has 2 aromatic carbocycles. The van der Waals surface area contributed by atoms with Crippen molar-refractivity contribution in [3.05, 3.63) is 70.8 Å². The number of amides is 2. The van der Waals surface area contributed by atoms with Gasteiger partial charge >= 0.3 is 0 Å². The molecule has 0 aliphatic rings. The third kappa shape index (κ3) is 7.62. The Balaban J connectivity index is 1.76. The van der Waals surface area contributed by atoms with Crippen molar-refractivity contribution in [2.45, 2.75) is 33.2 Å². The highest BCUT2D eigenvalue weighted by atomic mass is 32.2. The summed E-state index contributed by atoms with van der Waals surface area (Å²) in [7, 11) is -3.85. The van der Waals surface area contributed by atoms with Crippen LogP contribution in [0.2, 0.25) is 0 Å². The lowest BCUT2D eigenvalue weighted by Gasteiger charge is -2.08. The Morgan fingerprint density at radius 2 is 1.33 bits per heavy atom. The maximum Gasteiger partial charge on any atom is 0.237 e. The minimum absolute atomic E-state index is 0.0286. The number of nitrogens with one attached hydrogen (secondary N) is 2. The number of rotatable bonds is 8. The van der Waals surface area contributed by atoms with E-state index in [-0.39, 0.29) is 18.7 Å². The van der Waals surface area contributed by atoms with Crippen LogP contribution >= 0.6 is 0 Å². The number of aryl methyl sites for hydroxylation is 2. The molecule has 0 aromatic heterocycles. The fourth-order valence-corrected chi connectivity index (χ4v) is 3.35. The molecule has 0 aliphatic heterocycles. The molecule has 0 saturated carbocycles. The van der Waals surface area contributed by atoms with Gasteiger partial charge in [-0.25, -0.2) is 8.42 Å². The van der Waals surface area contributed by atoms with Crippen LogP contribution in [-0.4, -0.2) is 26.0 Å². The number of hydrogen-bond acceptors (Lipinski definition) is 4. The van der Waals surface area contributed by atoms with Crippen LogP contribution in [-0.2, 0) is 32.6 Å². The fourth-order valence-electron chi connectivity index (χ4n) is 2.37. The predicted molar refractivity (Wildman–Crippen MR) is 104 cm³/mol. The van der Waals surface area contributed by atoms with Crippen molar-refractivity contribution < 1.29 is 18.0 Å². The van der Waals surface area contributed by atoms with E-state index in [1.54, 1.807) is 12.1 Å². The zero-order valence-electron chi connectivity index (χ0n) is 15.5. The van der Waals surface area contributed by atoms with Crippen molar-refractivity contribution in [1.82, 2.24) is 10.0 Å². The molecule has 27 heavy (non-hydrogen) atoms. The van der Waals surface area contributed by atoms with Crippen molar-refractivity contribution in [3.63, 3.8) is 0 Å². The molecule has 0 atom stereocenters. The highest BCUT2D eigenvalue weighted by molar-refractivity contribution is 7.90. The summed E-state index contributed by atoms with van der Waals surface area (Å²) in [5.41, 5.74) is 3.84. The van der Waals surface area contributed by atoms with Crippen molar-refractivity contribution in [2.75, 3.05) is 5.75 Å². The van der Waals surface area contributed by atoms with E-state index in [4.69, 9.17) is 0 Å². The quantitative estimate of drug-likeness (QED) is 0.723. The number of benzene rings is 2. The van der Waals surface area contributed by atoms with Crippen LogP contribution in [0.4, 0.5) is 0 Å². The molecule has 0 radical (unpaired) electrons. The molecule has 144 valence electrons. The first-order valence-corrected chi connectivity index (χ1v) is 10.3. The Kier molecular flexibility index (Phi) is 7.12. The molecular weight excluding hydrogens is 364 g/mol. The average molecular weight is 388 g/mol. The van der Waals surface area contributed by atoms with Crippen LogP contribution in [0.1, 0.15) is 28.7 Å². The van der Waals surface area contributed by atoms with Gasteiger partial charge in [0.1, 0.15) is 0 Å². The van der Waals surface area contributed by atoms with Crippen LogP contribution in [0.15, 0.2) is 48.5 Å². The van der Waals surface area contributed by atoms with Gasteiger partial charge in [0.2, 0.25) is 21.8 Å². The summed E-state index contributed by atoms with van der Waals surface area (Å²) in [5.74, 6) is -1.43. The minimum atomic E-state index is -3.85. The van der Waals surface area contributed by atoms with Crippen molar-refractivity contribution in [2.24, 2.45) is 0 Å². The SMILES string of the molecule is Cc1ccc(CNC(=O)CCS(=O)(=O)NC(=O)Cc2ccc(C)cc2)cc1. The zero-order valence-corrected chi connectivity index (χ0v) is 16.3. The van der Waals surface area contributed by atoms with Crippen molar-refractivity contribution in [3.8, 4) is 0 Å². The molecule has 0 spiro atoms. The third-order valence-corrected chi connectivity index (χ3v) is 5.24. The Morgan fingerprint density at radius 1 is 0.815 bits per heavy atom. The summed E-state index contributed by atoms with van der Waals surface area (Å²) in [4.78, 5) is 23.8. The first-order valence-electron chi connectivity index (χ1n) is 8.64. The van der Waals surface area contributed by atoms with Gasteiger partial charge < -0.3 is 5.32 Å². The molecule has 2 amide bonds. The van der Waals surface area contributed by atoms with E-state index in [2.05, 4.69) is 5.32 Å². The van der Waals surface area contributed by atoms with E-state index in [1.165, 1.54) is 0 Å². The maximum atomic E-state index is 12.0. The minimum Gasteiger partial charge on any atom is -0.352 e. The molecule has 7 heteroatoms. The van der Waals surface area contributed by atoms with Gasteiger partial charge in [-0.3, -0.25) is 14.3 Å². The molecule has 0 aliphatic carbocycles. The number of carbonyl (C=O) groups is 2. The molecule has 0 bridgehead atoms. The highest BCUT2D eigenvalue weighted by Gasteiger charge is 2.16. The smallest absolute Gasteiger partial charge is 0.237 e. The standard InChI is InChI=1S/C20H24N2O4S/c1-15-3-7-17(8-4-15)13-20(24)22-27(25,26)12-11-19(23)21-14-18-9-5-16(2)6-10-18/h3-10H,11-14H2,1-2H3,(H,21,23)(H,22,24). The van der Waals surface area contributed by atoms with Crippen molar-refractivity contribution in [1.29, 1.82) is 0 Å². The Labute approximate surface area is 160 Å². The molecule has 0 unspecified atom stereocenters. The summed E-state index contributed by atoms with van der Waals surface area (Å²) in [6, 6.07) is 14.9. The second kappa shape index (κ2) is 9.32. The lowest BCUT2D eigenvalue weighted by molar-refractivity contribution is -0.121. The monoisotopic (exact) mass is 388 g/mol. The zero-order chi connectivity index (χ0) is 19.9. The molecule has 2 rings (SSSR count). The van der Waals surface area contributed by atoms with Gasteiger partial charge in [-0.2, -0.15) is 0 Å². The highest BCUT2D eigenvalue weighted by Crippen LogP contribution is 2.05. The van der Waals surface area contributed by atoms with E-state index in [0.717, 1.165) is 22.3 Å². The summed E-state index contributed by atoms with van der Waals surface area (Å²) in [6.45, 7) is 4.23. The van der Waals surface area contributed by atoms with Crippen LogP contribution in [0.3, 0.4) is 0 Å². The van der Waals surface area contributed by atoms with E-state index in [1.807, 2.05) is 55.0 Å². The summed E-state index contributed by atoms with van der Waals surface area (Å²) in [5, 5.41) is 2.67. The van der Waals surface area contributed by atoms with Gasteiger partial charge in [0.05, 0.1) is 12.2 Å². The van der Waals surface area contributed by atoms with Crippen LogP contribution in [0.25, 0.3) is 0 Å². The fraction of sp³-hybridized carbons (Fsp3) is 0.300. The number of sulfonamides is 1. The summed E-state index contributed by atoms with van der Waals surface area (Å²) < 4.78 is 26.0. The van der Waals surface area contributed by atoms with Gasteiger partial charge in [0.25, 0.3) is 0 Å². The van der Waals surface area contributed by atoms with Crippen LogP contribution in [0.5, 0.6) is 0 Å². The van der Waals surface area contributed by atoms with Crippen molar-refractivity contribution >= 4 is 21.8 Å². The van der Waals surface area contributed by atoms with E-state index < -0.39 is 21.7 Å². The Bertz CT molecular complexity index is 889. The Hall–Kier alpha value is -2.67. The Morgan fingerprint density at radius 3 is 1.89 bits per heavy atom. The normalized spacial score (nSPS) is 11.0. The van der Waals surface area contributed by atoms with E-state index >= 15 is 0 Å². The molecule has 2 N–H and O–H groups in total. The van der Waals surface area contributed by atoms with Gasteiger partial charge in [0.15, 0.2) is 0 Å². The molecule has 0 heterocycles. The van der Waals surface area contributed by atoms with Gasteiger partial charge in [-0.1, -0.05) is 59.7 Å². The van der Waals surface area contributed by atoms with Gasteiger partial charge in [-0.15, -0.1) is 0 Å². The molecule has 2 aromatic rings. The van der Waals surface area contributed by atoms with Gasteiger partial charge in [-0.05, 0) is 25.0 Å². The largest absolute Gasteiger partial charge is 0.352 e. The lowest BCUT2D eigenvalue weighted by atomic mass is 10.1. The van der Waals surface area contributed by atoms with Crippen LogP contribution in [0, 0.1) is 13.8 Å². The van der Waals surface area contributed by atoms with E-state index in [9.17, 15) is 18.0 Å². The molecule has 0 fully saturated rings. The third-order valence-electron chi connectivity index (χ3n) is 3.96. The second-order valence-electron chi connectivity index (χ2n) is 6.52. The second-order valence-corrected chi connectivity index (χ2v) is 8.36. The average Bonchev–Trinajstić information content (AvgIpc) is 2.61. The topological polar surface area (TPSA) is 92.3 Å². The maximum absolute atomic E-state index is 12.0. The molecule has 0 saturated heterocycles. The predicted octanol–water partition coefficient (Wildman–Crippen LogP) is 2.00. The van der Waals surface area contributed by atoms with Gasteiger partial charge in [0, 0.05) is 13.0 Å².